The molecular formula is C93H126Cl5N9O17Si4. The van der Waals surface area contributed by atoms with E-state index in [4.69, 9.17) is 148 Å². The topological polar surface area (TPSA) is 242 Å². The monoisotopic (exact) mass is 1930 g/mol. The van der Waals surface area contributed by atoms with Crippen LogP contribution < -0.4 is 28.9 Å². The van der Waals surface area contributed by atoms with Gasteiger partial charge in [-0.3, -0.25) is 9.13 Å². The summed E-state index contributed by atoms with van der Waals surface area (Å²) in [6, 6.07) is 34.7. The molecule has 6 aromatic heterocycles. The number of rotatable bonds is 26. The highest BCUT2D eigenvalue weighted by molar-refractivity contribution is 6.76. The maximum atomic E-state index is 9.93. The fourth-order valence-corrected chi connectivity index (χ4v) is 22.3. The van der Waals surface area contributed by atoms with Crippen molar-refractivity contribution >= 4 is 141 Å². The van der Waals surface area contributed by atoms with E-state index < -0.39 is 38.9 Å². The number of H-pyrrole nitrogens is 1. The zero-order valence-corrected chi connectivity index (χ0v) is 84.4. The van der Waals surface area contributed by atoms with Crippen molar-refractivity contribution in [3.63, 3.8) is 0 Å². The normalized spacial score (nSPS) is 24.7. The van der Waals surface area contributed by atoms with Crippen LogP contribution in [-0.2, 0) is 74.4 Å². The molecule has 0 aliphatic carbocycles. The van der Waals surface area contributed by atoms with E-state index in [1.54, 1.807) is 6.07 Å². The molecule has 0 spiro atoms. The molecule has 0 saturated carbocycles. The molecule has 696 valence electrons. The molecule has 3 aromatic carbocycles. The van der Waals surface area contributed by atoms with E-state index in [-0.39, 0.29) is 90.6 Å². The average molecular weight is 1930 g/mol. The minimum atomic E-state index is -2.01. The molecule has 0 amide bonds. The van der Waals surface area contributed by atoms with Crippen LogP contribution in [0.3, 0.4) is 0 Å². The van der Waals surface area contributed by atoms with E-state index in [0.717, 1.165) is 136 Å². The standard InChI is InChI=1S/C35H51Cl2N3O6Si2.C35H52ClN3O6Si2.C23H23Cl2N3O5/c1-35(2,3)48(7,8)46-27-21-44-33-26(20-43-34(27)33)45-28-19-25-32(40(28)22-42-17-18-47(4,5)6)30(37)29(36)31(38-25)23-9-11-24(12-10-23)39-13-15-41-16-14-39;1-35(2,3)47(7,8)45-30-22-43-33-29(21-42-34(30)33)44-31-20-27-28(39(31)23-41-17-18-46(4,5)6)19-26(36)32(37-27)24-9-11-25(12-10-24)38-13-15-40-16-14-38;24-18-19(25)21-14(9-17(27-21)33-16-11-32-22-15(29)10-31-23(16)22)26-20(18)12-1-3-13(4-2-12)28-5-7-30-8-6-28/h9-12,19,26-27,33-34H,13-18,20-22H2,1-8H3;9-12,19-20,29-30,33-34H,13-18,21-23H2,1-8H3;1-4,9,15-16,22-23,27,29H,5-8,10-11H2/t26-,27-,33-,34-;29-,30-,33-,34-;15-,16-,22-,23-/m111/s1. The van der Waals surface area contributed by atoms with E-state index in [1.165, 1.54) is 5.69 Å². The largest absolute Gasteiger partial charge is 0.470 e. The third-order valence-corrected chi connectivity index (χ3v) is 40.9. The van der Waals surface area contributed by atoms with Crippen LogP contribution >= 0.6 is 58.0 Å². The quantitative estimate of drug-likeness (QED) is 0.0378. The molecule has 12 atom stereocenters. The number of hydrogen-bond acceptors (Lipinski definition) is 23. The smallest absolute Gasteiger partial charge is 0.198 e. The van der Waals surface area contributed by atoms with Gasteiger partial charge in [0.05, 0.1) is 167 Å². The summed E-state index contributed by atoms with van der Waals surface area (Å²) >= 11 is 34.2. The third-order valence-electron chi connectivity index (χ3n) is 26.5. The van der Waals surface area contributed by atoms with Crippen LogP contribution in [0.5, 0.6) is 17.6 Å². The van der Waals surface area contributed by atoms with Crippen molar-refractivity contribution in [1.29, 1.82) is 0 Å². The number of benzene rings is 3. The summed E-state index contributed by atoms with van der Waals surface area (Å²) in [5.74, 6) is 1.76. The van der Waals surface area contributed by atoms with Gasteiger partial charge < -0.3 is 100.0 Å². The Morgan fingerprint density at radius 2 is 0.781 bits per heavy atom. The number of fused-ring (bicyclic) bond motifs is 6. The van der Waals surface area contributed by atoms with Crippen LogP contribution in [0.4, 0.5) is 17.1 Å². The van der Waals surface area contributed by atoms with Gasteiger partial charge in [0.25, 0.3) is 0 Å². The van der Waals surface area contributed by atoms with Crippen LogP contribution in [0, 0.1) is 0 Å². The molecule has 35 heteroatoms. The Balaban J connectivity index is 0.000000143. The molecule has 9 aromatic rings. The number of aromatic amines is 1. The predicted octanol–water partition coefficient (Wildman–Crippen LogP) is 18.8. The number of anilines is 3. The maximum Gasteiger partial charge on any atom is 0.198 e. The van der Waals surface area contributed by atoms with Crippen molar-refractivity contribution in [3.05, 3.63) is 122 Å². The Labute approximate surface area is 780 Å². The zero-order valence-electron chi connectivity index (χ0n) is 76.6. The summed E-state index contributed by atoms with van der Waals surface area (Å²) < 4.78 is 102. The molecule has 9 aliphatic heterocycles. The Kier molecular flexibility index (Phi) is 29.6. The highest BCUT2D eigenvalue weighted by Crippen LogP contribution is 2.48. The van der Waals surface area contributed by atoms with E-state index in [1.807, 2.05) is 51.6 Å². The van der Waals surface area contributed by atoms with Crippen LogP contribution in [0.25, 0.3) is 66.9 Å². The number of aliphatic hydroxyl groups is 1. The van der Waals surface area contributed by atoms with Gasteiger partial charge in [0.2, 0.25) is 0 Å². The Morgan fingerprint density at radius 3 is 1.23 bits per heavy atom. The van der Waals surface area contributed by atoms with E-state index >= 15 is 0 Å². The summed E-state index contributed by atoms with van der Waals surface area (Å²) in [7, 11) is -6.53. The number of morpholine rings is 3. The van der Waals surface area contributed by atoms with Crippen LogP contribution in [0.1, 0.15) is 41.5 Å². The van der Waals surface area contributed by atoms with E-state index in [0.29, 0.717) is 129 Å². The first-order chi connectivity index (χ1) is 60.9. The fourth-order valence-electron chi connectivity index (χ4n) is 16.9. The molecule has 26 nitrogen and oxygen atoms in total. The van der Waals surface area contributed by atoms with E-state index in [9.17, 15) is 5.11 Å². The molecule has 9 fully saturated rings. The second kappa shape index (κ2) is 39.7. The number of halogens is 5. The Hall–Kier alpha value is -5.71. The summed E-state index contributed by atoms with van der Waals surface area (Å²) in [6.45, 7) is 50.7. The lowest BCUT2D eigenvalue weighted by atomic mass is 10.1. The number of ether oxygens (including phenoxy) is 14. The summed E-state index contributed by atoms with van der Waals surface area (Å²) in [5, 5.41) is 12.3. The van der Waals surface area contributed by atoms with Gasteiger partial charge in [-0.15, -0.1) is 0 Å². The summed E-state index contributed by atoms with van der Waals surface area (Å²) in [5.41, 5.74) is 12.5. The molecule has 0 bridgehead atoms. The Morgan fingerprint density at radius 1 is 0.414 bits per heavy atom. The molecule has 2 N–H and O–H groups in total. The predicted molar refractivity (Wildman–Crippen MR) is 516 cm³/mol. The SMILES string of the molecule is CC(C)(C)[Si](C)(C)O[C@@H]1CO[C@H]2[C@@H]1OC[C@H]2Oc1cc2nc(-c3ccc(N4CCOCC4)cc3)c(Cl)c(Cl)c2n1COCC[Si](C)(C)C.CC(C)(C)[Si](C)(C)O[C@@H]1CO[C@H]2[C@@H]1OC[C@H]2Oc1cc2nc(-c3ccc(N4CCOCC4)cc3)c(Cl)cc2n1COCC[Si](C)(C)C.O[C@@H]1CO[C@H]2[C@@H]1OC[C@H]2Oc1cc2nc(-c3ccc(N4CCOCC4)cc3)c(Cl)c(Cl)c2[nH]1. The highest BCUT2D eigenvalue weighted by atomic mass is 35.5. The second-order valence-corrected chi connectivity index (χ2v) is 62.8. The second-order valence-electron chi connectivity index (χ2n) is 40.1. The zero-order chi connectivity index (χ0) is 90.5. The summed E-state index contributed by atoms with van der Waals surface area (Å²) in [4.78, 5) is 25.0. The number of pyridine rings is 3. The van der Waals surface area contributed by atoms with Gasteiger partial charge in [-0.1, -0.05) is 175 Å². The van der Waals surface area contributed by atoms with Gasteiger partial charge in [-0.25, -0.2) is 15.0 Å². The lowest BCUT2D eigenvalue weighted by Gasteiger charge is -2.39. The molecule has 18 rings (SSSR count). The van der Waals surface area contributed by atoms with E-state index in [2.05, 4.69) is 175 Å². The molecule has 0 radical (unpaired) electrons. The number of nitrogens with one attached hydrogen (secondary N) is 1. The van der Waals surface area contributed by atoms with Crippen molar-refractivity contribution in [2.24, 2.45) is 0 Å². The van der Waals surface area contributed by atoms with Crippen molar-refractivity contribution in [2.75, 3.05) is 146 Å². The third kappa shape index (κ3) is 21.5. The first-order valence-electron chi connectivity index (χ1n) is 45.1. The number of aromatic nitrogens is 6. The number of nitrogens with zero attached hydrogens (tertiary/aromatic N) is 8. The van der Waals surface area contributed by atoms with Gasteiger partial charge in [-0.2, -0.15) is 0 Å². The molecule has 9 aliphatic rings. The minimum absolute atomic E-state index is 0.0905. The molecule has 9 saturated heterocycles. The van der Waals surface area contributed by atoms with Gasteiger partial charge in [0.1, 0.15) is 56.2 Å². The first kappa shape index (κ1) is 95.4. The molecule has 0 unspecified atom stereocenters. The first-order valence-corrected chi connectivity index (χ1v) is 60.2. The number of aliphatic hydroxyl groups excluding tert-OH is 1. The van der Waals surface area contributed by atoms with Crippen LogP contribution in [0.15, 0.2) is 97.1 Å². The fraction of sp³-hybridized carbons (Fsp3) is 0.581. The van der Waals surface area contributed by atoms with Gasteiger partial charge >= 0.3 is 0 Å². The number of hydrogen-bond donors (Lipinski definition) is 2. The summed E-state index contributed by atoms with van der Waals surface area (Å²) in [6.07, 6.45) is -3.22. The van der Waals surface area contributed by atoms with Crippen molar-refractivity contribution in [1.82, 2.24) is 29.1 Å². The Bertz CT molecular complexity index is 5310. The molecule has 128 heavy (non-hydrogen) atoms. The van der Waals surface area contributed by atoms with Crippen LogP contribution in [0.2, 0.25) is 113 Å². The minimum Gasteiger partial charge on any atom is -0.470 e. The highest BCUT2D eigenvalue weighted by Gasteiger charge is 2.55. The lowest BCUT2D eigenvalue weighted by molar-refractivity contribution is 0.00794. The average Bonchev–Trinajstić information content (AvgIpc) is 1.56. The lowest BCUT2D eigenvalue weighted by Crippen LogP contribution is -2.47. The van der Waals surface area contributed by atoms with Gasteiger partial charge in [-0.05, 0) is 90.8 Å². The van der Waals surface area contributed by atoms with Crippen molar-refractivity contribution in [2.45, 2.75) is 216 Å². The maximum absolute atomic E-state index is 9.93. The molecular weight excluding hydrogens is 1800 g/mol. The molecule has 15 heterocycles. The van der Waals surface area contributed by atoms with Gasteiger partial charge in [0.15, 0.2) is 52.6 Å². The van der Waals surface area contributed by atoms with Crippen molar-refractivity contribution in [3.8, 4) is 51.4 Å². The van der Waals surface area contributed by atoms with Crippen LogP contribution in [-0.4, -0.2) is 272 Å². The van der Waals surface area contributed by atoms with Crippen molar-refractivity contribution < 1.29 is 80.3 Å². The van der Waals surface area contributed by atoms with Gasteiger partial charge in [0, 0.05) is 121 Å².